The molecule has 0 radical (unpaired) electrons. The zero-order valence-electron chi connectivity index (χ0n) is 12.3. The Morgan fingerprint density at radius 2 is 2.05 bits per heavy atom. The van der Waals surface area contributed by atoms with E-state index in [2.05, 4.69) is 47.3 Å². The molecule has 1 atom stereocenters. The Bertz CT molecular complexity index is 730. The molecule has 0 aliphatic carbocycles. The third-order valence-electron chi connectivity index (χ3n) is 3.53. The topological polar surface area (TPSA) is 37.8 Å². The molecule has 1 aromatic carbocycles. The summed E-state index contributed by atoms with van der Waals surface area (Å²) in [6, 6.07) is 10.7. The molecule has 1 N–H and O–H groups in total. The van der Waals surface area contributed by atoms with Crippen LogP contribution in [0, 0.1) is 0 Å². The Balaban J connectivity index is 1.95. The highest BCUT2D eigenvalue weighted by molar-refractivity contribution is 7.15. The van der Waals surface area contributed by atoms with Crippen LogP contribution in [0.3, 0.4) is 0 Å². The van der Waals surface area contributed by atoms with Crippen LogP contribution in [-0.4, -0.2) is 16.5 Å². The third-order valence-corrected chi connectivity index (χ3v) is 4.71. The molecular weight excluding hydrogens is 278 g/mol. The van der Waals surface area contributed by atoms with Gasteiger partial charge in [0, 0.05) is 28.7 Å². The van der Waals surface area contributed by atoms with Crippen molar-refractivity contribution in [2.75, 3.05) is 6.54 Å². The summed E-state index contributed by atoms with van der Waals surface area (Å²) in [7, 11) is 0. The first-order valence-corrected chi connectivity index (χ1v) is 8.14. The van der Waals surface area contributed by atoms with E-state index in [9.17, 15) is 0 Å². The minimum atomic E-state index is 0.339. The largest absolute Gasteiger partial charge is 0.309 e. The molecule has 0 saturated heterocycles. The summed E-state index contributed by atoms with van der Waals surface area (Å²) in [5.74, 6) is 0. The van der Waals surface area contributed by atoms with E-state index in [1.807, 2.05) is 24.5 Å². The van der Waals surface area contributed by atoms with Crippen molar-refractivity contribution in [1.82, 2.24) is 15.3 Å². The molecule has 108 valence electrons. The lowest BCUT2D eigenvalue weighted by Gasteiger charge is -2.09. The van der Waals surface area contributed by atoms with Crippen molar-refractivity contribution in [1.29, 1.82) is 0 Å². The fraction of sp³-hybridized carbons (Fsp3) is 0.294. The Morgan fingerprint density at radius 3 is 2.90 bits per heavy atom. The number of pyridine rings is 1. The van der Waals surface area contributed by atoms with Crippen LogP contribution in [0.1, 0.15) is 31.2 Å². The van der Waals surface area contributed by atoms with Gasteiger partial charge >= 0.3 is 0 Å². The minimum absolute atomic E-state index is 0.339. The van der Waals surface area contributed by atoms with E-state index in [1.54, 1.807) is 11.3 Å². The number of benzene rings is 1. The summed E-state index contributed by atoms with van der Waals surface area (Å²) in [6.07, 6.45) is 4.97. The monoisotopic (exact) mass is 297 g/mol. The van der Waals surface area contributed by atoms with E-state index < -0.39 is 0 Å². The van der Waals surface area contributed by atoms with Gasteiger partial charge in [-0.15, -0.1) is 11.3 Å². The van der Waals surface area contributed by atoms with Gasteiger partial charge in [0.2, 0.25) is 0 Å². The number of thiazole rings is 1. The Labute approximate surface area is 129 Å². The molecule has 0 fully saturated rings. The minimum Gasteiger partial charge on any atom is -0.309 e. The molecule has 21 heavy (non-hydrogen) atoms. The Kier molecular flexibility index (Phi) is 4.27. The molecule has 2 heterocycles. The highest BCUT2D eigenvalue weighted by atomic mass is 32.1. The second-order valence-corrected chi connectivity index (χ2v) is 6.19. The van der Waals surface area contributed by atoms with Gasteiger partial charge in [0.05, 0.1) is 0 Å². The first-order chi connectivity index (χ1) is 10.3. The Morgan fingerprint density at radius 1 is 1.19 bits per heavy atom. The predicted molar refractivity (Wildman–Crippen MR) is 89.6 cm³/mol. The first kappa shape index (κ1) is 14.2. The first-order valence-electron chi connectivity index (χ1n) is 7.33. The van der Waals surface area contributed by atoms with E-state index in [-0.39, 0.29) is 0 Å². The van der Waals surface area contributed by atoms with Gasteiger partial charge in [-0.1, -0.05) is 31.2 Å². The van der Waals surface area contributed by atoms with Crippen molar-refractivity contribution >= 4 is 22.1 Å². The van der Waals surface area contributed by atoms with Crippen LogP contribution in [0.5, 0.6) is 0 Å². The van der Waals surface area contributed by atoms with Crippen LogP contribution in [0.4, 0.5) is 0 Å². The number of hydrogen-bond acceptors (Lipinski definition) is 4. The van der Waals surface area contributed by atoms with Crippen molar-refractivity contribution in [2.45, 2.75) is 26.3 Å². The van der Waals surface area contributed by atoms with E-state index in [0.717, 1.165) is 29.1 Å². The second kappa shape index (κ2) is 6.33. The Hall–Kier alpha value is -1.78. The number of hydrogen-bond donors (Lipinski definition) is 1. The van der Waals surface area contributed by atoms with E-state index in [1.165, 1.54) is 10.3 Å². The average Bonchev–Trinajstić information content (AvgIpc) is 3.02. The molecule has 0 aliphatic heterocycles. The summed E-state index contributed by atoms with van der Waals surface area (Å²) in [5, 5.41) is 6.86. The number of rotatable bonds is 5. The molecular formula is C17H19N3S. The predicted octanol–water partition coefficient (Wildman–Crippen LogP) is 4.42. The number of fused-ring (bicyclic) bond motifs is 1. The summed E-state index contributed by atoms with van der Waals surface area (Å²) < 4.78 is 0. The van der Waals surface area contributed by atoms with Crippen LogP contribution in [-0.2, 0) is 0 Å². The third kappa shape index (κ3) is 2.96. The summed E-state index contributed by atoms with van der Waals surface area (Å²) in [4.78, 5) is 10.4. The zero-order chi connectivity index (χ0) is 14.7. The lowest BCUT2D eigenvalue weighted by Crippen LogP contribution is -2.18. The number of aromatic nitrogens is 2. The molecule has 0 spiro atoms. The van der Waals surface area contributed by atoms with Gasteiger partial charge in [0.15, 0.2) is 0 Å². The molecule has 4 heteroatoms. The van der Waals surface area contributed by atoms with Crippen molar-refractivity contribution in [3.05, 3.63) is 47.6 Å². The van der Waals surface area contributed by atoms with Crippen LogP contribution in [0.25, 0.3) is 21.5 Å². The van der Waals surface area contributed by atoms with E-state index in [4.69, 9.17) is 0 Å². The van der Waals surface area contributed by atoms with Gasteiger partial charge in [-0.3, -0.25) is 4.98 Å². The highest BCUT2D eigenvalue weighted by Crippen LogP contribution is 2.31. The van der Waals surface area contributed by atoms with Crippen LogP contribution in [0.15, 0.2) is 42.7 Å². The van der Waals surface area contributed by atoms with Crippen molar-refractivity contribution in [2.24, 2.45) is 0 Å². The van der Waals surface area contributed by atoms with Gasteiger partial charge in [-0.05, 0) is 31.3 Å². The molecule has 0 aliphatic rings. The lowest BCUT2D eigenvalue weighted by molar-refractivity contribution is 0.577. The fourth-order valence-electron chi connectivity index (χ4n) is 2.35. The maximum Gasteiger partial charge on any atom is 0.142 e. The number of nitrogens with zero attached hydrogens (tertiary/aromatic N) is 2. The molecule has 3 nitrogen and oxygen atoms in total. The molecule has 0 bridgehead atoms. The van der Waals surface area contributed by atoms with Gasteiger partial charge < -0.3 is 5.32 Å². The number of nitrogens with one attached hydrogen (secondary N) is 1. The SMILES string of the molecule is CCCNC(C)c1cnc(-c2nccc3ccccc23)s1. The van der Waals surface area contributed by atoms with Gasteiger partial charge in [-0.25, -0.2) is 4.98 Å². The van der Waals surface area contributed by atoms with Gasteiger partial charge in [0.25, 0.3) is 0 Å². The maximum absolute atomic E-state index is 4.58. The van der Waals surface area contributed by atoms with Crippen molar-refractivity contribution in [3.8, 4) is 10.7 Å². The molecule has 2 aromatic heterocycles. The highest BCUT2D eigenvalue weighted by Gasteiger charge is 2.13. The molecule has 0 saturated carbocycles. The molecule has 1 unspecified atom stereocenters. The summed E-state index contributed by atoms with van der Waals surface area (Å²) in [5.41, 5.74) is 0.979. The van der Waals surface area contributed by atoms with Gasteiger partial charge in [0.1, 0.15) is 10.7 Å². The van der Waals surface area contributed by atoms with Crippen molar-refractivity contribution < 1.29 is 0 Å². The van der Waals surface area contributed by atoms with E-state index >= 15 is 0 Å². The quantitative estimate of drug-likeness (QED) is 0.757. The fourth-order valence-corrected chi connectivity index (χ4v) is 3.30. The second-order valence-electron chi connectivity index (χ2n) is 5.12. The molecule has 3 aromatic rings. The smallest absolute Gasteiger partial charge is 0.142 e. The molecule has 3 rings (SSSR count). The normalized spacial score (nSPS) is 12.7. The van der Waals surface area contributed by atoms with Crippen LogP contribution >= 0.6 is 11.3 Å². The maximum atomic E-state index is 4.58. The van der Waals surface area contributed by atoms with Crippen molar-refractivity contribution in [3.63, 3.8) is 0 Å². The summed E-state index contributed by atoms with van der Waals surface area (Å²) in [6.45, 7) is 5.39. The standard InChI is InChI=1S/C17H19N3S/c1-3-9-18-12(2)15-11-20-17(21-15)16-14-7-5-4-6-13(14)8-10-19-16/h4-8,10-12,18H,3,9H2,1-2H3. The molecule has 0 amide bonds. The van der Waals surface area contributed by atoms with Crippen LogP contribution in [0.2, 0.25) is 0 Å². The lowest BCUT2D eigenvalue weighted by atomic mass is 10.1. The zero-order valence-corrected chi connectivity index (χ0v) is 13.2. The average molecular weight is 297 g/mol. The summed E-state index contributed by atoms with van der Waals surface area (Å²) >= 11 is 1.72. The van der Waals surface area contributed by atoms with E-state index in [0.29, 0.717) is 6.04 Å². The van der Waals surface area contributed by atoms with Gasteiger partial charge in [-0.2, -0.15) is 0 Å². The van der Waals surface area contributed by atoms with Crippen LogP contribution < -0.4 is 5.32 Å².